The molecule has 1 aliphatic heterocycles. The molecule has 1 fully saturated rings. The predicted octanol–water partition coefficient (Wildman–Crippen LogP) is 2.64. The largest absolute Gasteiger partial charge is 0.466 e. The van der Waals surface area contributed by atoms with Crippen molar-refractivity contribution in [1.82, 2.24) is 5.32 Å². The van der Waals surface area contributed by atoms with Crippen LogP contribution in [0.3, 0.4) is 0 Å². The fourth-order valence-corrected chi connectivity index (χ4v) is 3.99. The monoisotopic (exact) mass is 559 g/mol. The van der Waals surface area contributed by atoms with Crippen molar-refractivity contribution in [3.63, 3.8) is 0 Å². The summed E-state index contributed by atoms with van der Waals surface area (Å²) < 4.78 is 18.9. The normalized spacial score (nSPS) is 18.0. The highest BCUT2D eigenvalue weighted by Crippen LogP contribution is 2.23. The van der Waals surface area contributed by atoms with Crippen LogP contribution in [0.25, 0.3) is 0 Å². The van der Waals surface area contributed by atoms with Crippen molar-refractivity contribution in [1.29, 1.82) is 0 Å². The number of ether oxygens (including phenoxy) is 1. The van der Waals surface area contributed by atoms with Crippen molar-refractivity contribution < 1.29 is 18.7 Å². The van der Waals surface area contributed by atoms with Crippen molar-refractivity contribution in [3.8, 4) is 0 Å². The van der Waals surface area contributed by atoms with Gasteiger partial charge in [-0.05, 0) is 74.6 Å². The van der Waals surface area contributed by atoms with E-state index in [1.54, 1.807) is 12.1 Å². The van der Waals surface area contributed by atoms with Gasteiger partial charge in [0.05, 0.1) is 25.4 Å². The lowest BCUT2D eigenvalue weighted by Gasteiger charge is -1.99. The van der Waals surface area contributed by atoms with Gasteiger partial charge in [-0.25, -0.2) is 9.18 Å². The molecule has 1 heterocycles. The van der Waals surface area contributed by atoms with Gasteiger partial charge in [0.25, 0.3) is 5.91 Å². The molecule has 1 saturated heterocycles. The second-order valence-corrected chi connectivity index (χ2v) is 7.39. The average Bonchev–Trinajstić information content (AvgIpc) is 2.84. The number of hydrogen-bond donors (Lipinski definition) is 1. The number of hydrogen-bond acceptors (Lipinski definition) is 6. The molecule has 6 nitrogen and oxygen atoms in total. The maximum Gasteiger partial charge on any atom is 0.331 e. The van der Waals surface area contributed by atoms with E-state index in [-0.39, 0.29) is 15.9 Å². The van der Waals surface area contributed by atoms with Gasteiger partial charge in [-0.3, -0.25) is 10.1 Å². The third-order valence-corrected chi connectivity index (χ3v) is 4.93. The summed E-state index contributed by atoms with van der Waals surface area (Å²) in [5, 5.41) is 10.4. The molecule has 1 aromatic rings. The fraction of sp³-hybridized carbons (Fsp3) is 0.0769. The smallest absolute Gasteiger partial charge is 0.331 e. The van der Waals surface area contributed by atoms with Crippen LogP contribution in [0.4, 0.5) is 4.39 Å². The first kappa shape index (κ1) is 18.3. The Hall–Kier alpha value is -1.02. The van der Waals surface area contributed by atoms with Crippen molar-refractivity contribution in [2.45, 2.75) is 0 Å². The summed E-state index contributed by atoms with van der Waals surface area (Å²) >= 11 is 4.77. The van der Waals surface area contributed by atoms with Crippen molar-refractivity contribution in [2.75, 3.05) is 7.11 Å². The van der Waals surface area contributed by atoms with Crippen LogP contribution in [-0.4, -0.2) is 30.4 Å². The van der Waals surface area contributed by atoms with E-state index < -0.39 is 11.9 Å². The summed E-state index contributed by atoms with van der Waals surface area (Å²) in [6.45, 7) is 0. The number of esters is 1. The van der Waals surface area contributed by atoms with Crippen LogP contribution in [0.1, 0.15) is 5.56 Å². The lowest BCUT2D eigenvalue weighted by atomic mass is 10.2. The first-order valence-corrected chi connectivity index (χ1v) is 8.92. The van der Waals surface area contributed by atoms with E-state index in [0.717, 1.165) is 17.8 Å². The molecule has 0 bridgehead atoms. The molecule has 120 valence electrons. The van der Waals surface area contributed by atoms with Gasteiger partial charge in [0.2, 0.25) is 0 Å². The number of amides is 1. The first-order valence-electron chi connectivity index (χ1n) is 5.95. The number of carbonyl (C=O) groups is 2. The summed E-state index contributed by atoms with van der Waals surface area (Å²) in [6, 6.07) is 3.26. The average molecular weight is 559 g/mol. The molecule has 1 aliphatic rings. The number of nitrogens with one attached hydrogen (secondary N) is 1. The molecule has 2 rings (SSSR count). The molecular weight excluding hydrogens is 551 g/mol. The minimum absolute atomic E-state index is 0.177. The number of rotatable bonds is 3. The van der Waals surface area contributed by atoms with E-state index in [2.05, 4.69) is 20.3 Å². The van der Waals surface area contributed by atoms with Crippen molar-refractivity contribution >= 4 is 80.2 Å². The number of halogens is 3. The number of amidine groups is 1. The van der Waals surface area contributed by atoms with Gasteiger partial charge in [-0.15, -0.1) is 5.10 Å². The molecule has 1 N–H and O–H groups in total. The number of nitrogens with zero attached hydrogens (tertiary/aromatic N) is 2. The van der Waals surface area contributed by atoms with Crippen molar-refractivity contribution in [3.05, 3.63) is 41.6 Å². The molecule has 0 atom stereocenters. The molecule has 0 radical (unpaired) electrons. The van der Waals surface area contributed by atoms with Crippen LogP contribution < -0.4 is 5.32 Å². The third kappa shape index (κ3) is 4.97. The molecule has 0 aromatic heterocycles. The van der Waals surface area contributed by atoms with Gasteiger partial charge in [0.1, 0.15) is 5.82 Å². The van der Waals surface area contributed by atoms with E-state index in [0.29, 0.717) is 12.7 Å². The Morgan fingerprint density at radius 2 is 2.04 bits per heavy atom. The Labute approximate surface area is 162 Å². The zero-order valence-corrected chi connectivity index (χ0v) is 16.6. The molecular formula is C13H8FI2N3O3S. The van der Waals surface area contributed by atoms with Crippen LogP contribution in [0.15, 0.2) is 33.3 Å². The zero-order valence-electron chi connectivity index (χ0n) is 11.5. The quantitative estimate of drug-likeness (QED) is 0.154. The predicted molar refractivity (Wildman–Crippen MR) is 103 cm³/mol. The molecule has 1 aromatic carbocycles. The highest BCUT2D eigenvalue weighted by molar-refractivity contribution is 14.1. The van der Waals surface area contributed by atoms with E-state index in [1.807, 2.05) is 45.2 Å². The maximum absolute atomic E-state index is 13.5. The highest BCUT2D eigenvalue weighted by Gasteiger charge is 2.24. The van der Waals surface area contributed by atoms with Crippen LogP contribution in [0, 0.1) is 13.0 Å². The lowest BCUT2D eigenvalue weighted by molar-refractivity contribution is -0.135. The van der Waals surface area contributed by atoms with Crippen LogP contribution in [0.5, 0.6) is 0 Å². The summed E-state index contributed by atoms with van der Waals surface area (Å²) in [4.78, 5) is 22.9. The second-order valence-electron chi connectivity index (χ2n) is 4.04. The Morgan fingerprint density at radius 3 is 2.65 bits per heavy atom. The minimum atomic E-state index is -0.622. The molecule has 23 heavy (non-hydrogen) atoms. The van der Waals surface area contributed by atoms with Crippen LogP contribution in [-0.2, 0) is 14.3 Å². The summed E-state index contributed by atoms with van der Waals surface area (Å²) in [5.41, 5.74) is 0.684. The minimum Gasteiger partial charge on any atom is -0.466 e. The third-order valence-electron chi connectivity index (χ3n) is 2.46. The zero-order chi connectivity index (χ0) is 17.0. The van der Waals surface area contributed by atoms with Gasteiger partial charge >= 0.3 is 5.97 Å². The highest BCUT2D eigenvalue weighted by atomic mass is 127. The number of carbonyl (C=O) groups excluding carboxylic acids is 2. The van der Waals surface area contributed by atoms with Gasteiger partial charge in [0.15, 0.2) is 5.17 Å². The standard InChI is InChI=1S/C13H8FI2N3O3S/c1-22-10(20)4-9-12(21)18-13(23-9)19-17-5-6-2-7(15)11(14)8(16)3-6/h2-5H,1H3,(H,18,19,21)/b9-4+,17-5?. The summed E-state index contributed by atoms with van der Waals surface area (Å²) in [6.07, 6.45) is 2.53. The fourth-order valence-electron chi connectivity index (χ4n) is 1.44. The van der Waals surface area contributed by atoms with Crippen LogP contribution >= 0.6 is 56.9 Å². The van der Waals surface area contributed by atoms with Gasteiger partial charge in [0, 0.05) is 6.08 Å². The van der Waals surface area contributed by atoms with E-state index in [9.17, 15) is 14.0 Å². The Kier molecular flexibility index (Phi) is 6.52. The van der Waals surface area contributed by atoms with Gasteiger partial charge in [-0.1, -0.05) is 0 Å². The second kappa shape index (κ2) is 8.19. The van der Waals surface area contributed by atoms with Gasteiger partial charge in [-0.2, -0.15) is 5.10 Å². The van der Waals surface area contributed by atoms with E-state index in [1.165, 1.54) is 13.3 Å². The Morgan fingerprint density at radius 1 is 1.39 bits per heavy atom. The topological polar surface area (TPSA) is 80.1 Å². The lowest BCUT2D eigenvalue weighted by Crippen LogP contribution is -2.19. The molecule has 0 aliphatic carbocycles. The molecule has 0 spiro atoms. The molecule has 0 saturated carbocycles. The molecule has 0 unspecified atom stereocenters. The molecule has 1 amide bonds. The van der Waals surface area contributed by atoms with Crippen molar-refractivity contribution in [2.24, 2.45) is 10.2 Å². The Balaban J connectivity index is 2.11. The maximum atomic E-state index is 13.5. The SMILES string of the molecule is COC(=O)/C=C1/S/C(=N\N=Cc2cc(I)c(F)c(I)c2)NC1=O. The number of benzene rings is 1. The number of methoxy groups -OCH3 is 1. The van der Waals surface area contributed by atoms with Gasteiger partial charge < -0.3 is 4.74 Å². The Bertz CT molecular complexity index is 742. The summed E-state index contributed by atoms with van der Waals surface area (Å²) in [7, 11) is 1.22. The summed E-state index contributed by atoms with van der Waals surface area (Å²) in [5.74, 6) is -1.34. The molecule has 10 heteroatoms. The van der Waals surface area contributed by atoms with E-state index in [4.69, 9.17) is 0 Å². The van der Waals surface area contributed by atoms with Crippen LogP contribution in [0.2, 0.25) is 0 Å². The first-order chi connectivity index (χ1) is 10.9. The number of thioether (sulfide) groups is 1. The van der Waals surface area contributed by atoms with E-state index >= 15 is 0 Å².